The van der Waals surface area contributed by atoms with E-state index in [0.29, 0.717) is 19.0 Å². The molecular weight excluding hydrogens is 300 g/mol. The first-order chi connectivity index (χ1) is 9.80. The van der Waals surface area contributed by atoms with E-state index in [9.17, 15) is 4.79 Å². The van der Waals surface area contributed by atoms with Gasteiger partial charge in [-0.3, -0.25) is 4.79 Å². The smallest absolute Gasteiger partial charge is 0.227 e. The maximum Gasteiger partial charge on any atom is 0.227 e. The van der Waals surface area contributed by atoms with Crippen LogP contribution in [0.25, 0.3) is 0 Å². The van der Waals surface area contributed by atoms with Crippen molar-refractivity contribution in [2.75, 3.05) is 19.7 Å². The summed E-state index contributed by atoms with van der Waals surface area (Å²) in [5.41, 5.74) is 5.55. The summed E-state index contributed by atoms with van der Waals surface area (Å²) in [4.78, 5) is 12.5. The van der Waals surface area contributed by atoms with Gasteiger partial charge < -0.3 is 15.8 Å². The Morgan fingerprint density at radius 1 is 1.27 bits per heavy atom. The molecule has 0 spiro atoms. The molecule has 5 heteroatoms. The van der Waals surface area contributed by atoms with Gasteiger partial charge in [-0.2, -0.15) is 0 Å². The summed E-state index contributed by atoms with van der Waals surface area (Å²) in [6.45, 7) is 12.6. The van der Waals surface area contributed by atoms with Gasteiger partial charge in [0.1, 0.15) is 0 Å². The highest BCUT2D eigenvalue weighted by Crippen LogP contribution is 2.34. The van der Waals surface area contributed by atoms with E-state index in [2.05, 4.69) is 26.1 Å². The zero-order chi connectivity index (χ0) is 16.1. The van der Waals surface area contributed by atoms with E-state index in [1.807, 2.05) is 13.8 Å². The third-order valence-corrected chi connectivity index (χ3v) is 5.05. The zero-order valence-corrected chi connectivity index (χ0v) is 15.7. The van der Waals surface area contributed by atoms with Crippen molar-refractivity contribution in [3.05, 3.63) is 0 Å². The van der Waals surface area contributed by atoms with Crippen molar-refractivity contribution in [2.24, 2.45) is 22.5 Å². The molecule has 1 rings (SSSR count). The van der Waals surface area contributed by atoms with Crippen molar-refractivity contribution in [3.8, 4) is 0 Å². The first kappa shape index (κ1) is 21.7. The van der Waals surface area contributed by atoms with Crippen LogP contribution in [0.1, 0.15) is 60.3 Å². The molecule has 0 radical (unpaired) electrons. The molecule has 0 aliphatic carbocycles. The van der Waals surface area contributed by atoms with Gasteiger partial charge in [0.05, 0.1) is 11.5 Å². The van der Waals surface area contributed by atoms with E-state index in [1.165, 1.54) is 0 Å². The topological polar surface area (TPSA) is 64.4 Å². The predicted molar refractivity (Wildman–Crippen MR) is 94.2 cm³/mol. The van der Waals surface area contributed by atoms with Crippen LogP contribution in [0.5, 0.6) is 0 Å². The first-order valence-corrected chi connectivity index (χ1v) is 8.40. The van der Waals surface area contributed by atoms with Crippen LogP contribution in [0.2, 0.25) is 0 Å². The average molecular weight is 335 g/mol. The molecule has 4 nitrogen and oxygen atoms in total. The Bertz CT molecular complexity index is 330. The number of ether oxygens (including phenoxy) is 1. The van der Waals surface area contributed by atoms with E-state index in [0.717, 1.165) is 32.3 Å². The number of carbonyl (C=O) groups is 1. The minimum absolute atomic E-state index is 0. The van der Waals surface area contributed by atoms with Gasteiger partial charge >= 0.3 is 0 Å². The number of hydrogen-bond acceptors (Lipinski definition) is 3. The second kappa shape index (κ2) is 9.09. The van der Waals surface area contributed by atoms with Crippen LogP contribution in [-0.4, -0.2) is 31.7 Å². The molecule has 0 aromatic rings. The minimum Gasteiger partial charge on any atom is -0.377 e. The molecule has 1 saturated heterocycles. The fourth-order valence-corrected chi connectivity index (χ4v) is 3.37. The number of hydrogen-bond donors (Lipinski definition) is 2. The van der Waals surface area contributed by atoms with Gasteiger partial charge in [0.2, 0.25) is 5.91 Å². The first-order valence-electron chi connectivity index (χ1n) is 8.40. The molecule has 0 saturated carbocycles. The lowest BCUT2D eigenvalue weighted by Gasteiger charge is -2.40. The van der Waals surface area contributed by atoms with E-state index in [-0.39, 0.29) is 29.8 Å². The summed E-state index contributed by atoms with van der Waals surface area (Å²) >= 11 is 0. The van der Waals surface area contributed by atoms with E-state index in [4.69, 9.17) is 10.5 Å². The SMILES string of the molecule is CCC(CC)(CN)C(=O)NCC1CCCOC1C(C)(C)C.Cl. The Morgan fingerprint density at radius 3 is 2.32 bits per heavy atom. The second-order valence-corrected chi connectivity index (χ2v) is 7.46. The molecule has 1 amide bonds. The summed E-state index contributed by atoms with van der Waals surface area (Å²) in [7, 11) is 0. The van der Waals surface area contributed by atoms with Crippen LogP contribution in [0.15, 0.2) is 0 Å². The molecular formula is C17H35ClN2O2. The van der Waals surface area contributed by atoms with Gasteiger partial charge in [-0.05, 0) is 31.1 Å². The summed E-state index contributed by atoms with van der Waals surface area (Å²) in [6, 6.07) is 0. The highest BCUT2D eigenvalue weighted by molar-refractivity contribution is 5.85. The summed E-state index contributed by atoms with van der Waals surface area (Å²) in [5.74, 6) is 0.500. The molecule has 1 aliphatic rings. The Hall–Kier alpha value is -0.320. The summed E-state index contributed by atoms with van der Waals surface area (Å²) in [5, 5.41) is 3.15. The molecule has 1 aliphatic heterocycles. The van der Waals surface area contributed by atoms with Crippen LogP contribution in [0.4, 0.5) is 0 Å². The Morgan fingerprint density at radius 2 is 1.86 bits per heavy atom. The fraction of sp³-hybridized carbons (Fsp3) is 0.941. The van der Waals surface area contributed by atoms with Crippen molar-refractivity contribution >= 4 is 18.3 Å². The third kappa shape index (κ3) is 5.10. The van der Waals surface area contributed by atoms with Crippen LogP contribution >= 0.6 is 12.4 Å². The summed E-state index contributed by atoms with van der Waals surface area (Å²) < 4.78 is 5.98. The third-order valence-electron chi connectivity index (χ3n) is 5.05. The highest BCUT2D eigenvalue weighted by atomic mass is 35.5. The molecule has 2 atom stereocenters. The Labute approximate surface area is 142 Å². The molecule has 0 bridgehead atoms. The highest BCUT2D eigenvalue weighted by Gasteiger charge is 2.37. The minimum atomic E-state index is -0.410. The molecule has 0 aromatic heterocycles. The number of nitrogens with one attached hydrogen (secondary N) is 1. The number of rotatable bonds is 6. The molecule has 22 heavy (non-hydrogen) atoms. The van der Waals surface area contributed by atoms with Gasteiger partial charge in [-0.1, -0.05) is 34.6 Å². The monoisotopic (exact) mass is 334 g/mol. The van der Waals surface area contributed by atoms with Gasteiger partial charge in [0.25, 0.3) is 0 Å². The van der Waals surface area contributed by atoms with E-state index in [1.54, 1.807) is 0 Å². The summed E-state index contributed by atoms with van der Waals surface area (Å²) in [6.07, 6.45) is 3.99. The Kier molecular flexibility index (Phi) is 8.96. The van der Waals surface area contributed by atoms with Crippen molar-refractivity contribution in [2.45, 2.75) is 66.4 Å². The van der Waals surface area contributed by atoms with Crippen molar-refractivity contribution in [3.63, 3.8) is 0 Å². The standard InChI is InChI=1S/C17H34N2O2.ClH/c1-6-17(7-2,12-18)15(20)19-11-13-9-8-10-21-14(13)16(3,4)5;/h13-14H,6-12,18H2,1-5H3,(H,19,20);1H. The Balaban J connectivity index is 0.00000441. The zero-order valence-electron chi connectivity index (χ0n) is 14.9. The molecule has 132 valence electrons. The molecule has 1 heterocycles. The van der Waals surface area contributed by atoms with Gasteiger partial charge in [0, 0.05) is 25.6 Å². The van der Waals surface area contributed by atoms with Crippen LogP contribution in [0.3, 0.4) is 0 Å². The predicted octanol–water partition coefficient (Wildman–Crippen LogP) is 3.13. The fourth-order valence-electron chi connectivity index (χ4n) is 3.37. The lowest BCUT2D eigenvalue weighted by Crippen LogP contribution is -2.50. The lowest BCUT2D eigenvalue weighted by molar-refractivity contribution is -0.132. The molecule has 2 unspecified atom stereocenters. The van der Waals surface area contributed by atoms with Gasteiger partial charge in [-0.25, -0.2) is 0 Å². The van der Waals surface area contributed by atoms with Crippen molar-refractivity contribution in [1.82, 2.24) is 5.32 Å². The normalized spacial score (nSPS) is 22.8. The number of nitrogens with two attached hydrogens (primary N) is 1. The quantitative estimate of drug-likeness (QED) is 0.784. The number of amides is 1. The van der Waals surface area contributed by atoms with Crippen molar-refractivity contribution in [1.29, 1.82) is 0 Å². The van der Waals surface area contributed by atoms with Gasteiger partial charge in [-0.15, -0.1) is 12.4 Å². The van der Waals surface area contributed by atoms with Crippen molar-refractivity contribution < 1.29 is 9.53 Å². The maximum absolute atomic E-state index is 12.5. The van der Waals surface area contributed by atoms with Crippen LogP contribution in [-0.2, 0) is 9.53 Å². The lowest BCUT2D eigenvalue weighted by atomic mass is 9.77. The number of carbonyl (C=O) groups excluding carboxylic acids is 1. The van der Waals surface area contributed by atoms with Crippen LogP contribution in [0, 0.1) is 16.7 Å². The molecule has 0 aromatic carbocycles. The largest absolute Gasteiger partial charge is 0.377 e. The van der Waals surface area contributed by atoms with Crippen LogP contribution < -0.4 is 11.1 Å². The molecule has 3 N–H and O–H groups in total. The maximum atomic E-state index is 12.5. The van der Waals surface area contributed by atoms with Gasteiger partial charge in [0.15, 0.2) is 0 Å². The van der Waals surface area contributed by atoms with E-state index < -0.39 is 5.41 Å². The molecule has 1 fully saturated rings. The number of halogens is 1. The average Bonchev–Trinajstić information content (AvgIpc) is 2.47. The second-order valence-electron chi connectivity index (χ2n) is 7.46. The van der Waals surface area contributed by atoms with E-state index >= 15 is 0 Å².